The van der Waals surface area contributed by atoms with Gasteiger partial charge in [0.1, 0.15) is 5.82 Å². The fourth-order valence-electron chi connectivity index (χ4n) is 4.53. The maximum atomic E-state index is 12.6. The number of hydrogen-bond donors (Lipinski definition) is 1. The van der Waals surface area contributed by atoms with Crippen molar-refractivity contribution in [3.8, 4) is 5.82 Å². The van der Waals surface area contributed by atoms with E-state index in [0.717, 1.165) is 42.1 Å². The maximum absolute atomic E-state index is 12.6. The molecule has 1 fully saturated rings. The van der Waals surface area contributed by atoms with Crippen LogP contribution in [0.25, 0.3) is 5.82 Å². The molecule has 3 aromatic rings. The molecular weight excluding hydrogens is 376 g/mol. The average molecular weight is 403 g/mol. The molecule has 0 bridgehead atoms. The van der Waals surface area contributed by atoms with Gasteiger partial charge in [0.2, 0.25) is 5.91 Å². The summed E-state index contributed by atoms with van der Waals surface area (Å²) in [7, 11) is 0. The summed E-state index contributed by atoms with van der Waals surface area (Å²) in [4.78, 5) is 14.8. The van der Waals surface area contributed by atoms with E-state index in [1.54, 1.807) is 4.68 Å². The topological polar surface area (TPSA) is 75.9 Å². The Morgan fingerprint density at radius 2 is 1.73 bits per heavy atom. The maximum Gasteiger partial charge on any atom is 0.226 e. The van der Waals surface area contributed by atoms with Gasteiger partial charge < -0.3 is 10.2 Å². The summed E-state index contributed by atoms with van der Waals surface area (Å²) in [6, 6.07) is 12.5. The first-order valence-corrected chi connectivity index (χ1v) is 10.7. The molecule has 154 valence electrons. The zero-order valence-corrected chi connectivity index (χ0v) is 17.4. The molecule has 2 aliphatic heterocycles. The van der Waals surface area contributed by atoms with Crippen molar-refractivity contribution in [1.82, 2.24) is 20.0 Å². The second-order valence-corrected chi connectivity index (χ2v) is 8.10. The van der Waals surface area contributed by atoms with Gasteiger partial charge in [-0.2, -0.15) is 9.78 Å². The normalized spacial score (nSPS) is 18.4. The summed E-state index contributed by atoms with van der Waals surface area (Å²) in [5.74, 6) is 2.20. The number of hydrogen-bond acceptors (Lipinski definition) is 5. The molecule has 2 aliphatic rings. The number of amides is 1. The van der Waals surface area contributed by atoms with Crippen molar-refractivity contribution in [2.75, 3.05) is 23.3 Å². The lowest BCUT2D eigenvalue weighted by atomic mass is 9.85. The minimum atomic E-state index is -0.00904. The molecule has 0 saturated carbocycles. The predicted molar refractivity (Wildman–Crippen MR) is 116 cm³/mol. The van der Waals surface area contributed by atoms with Gasteiger partial charge in [0.15, 0.2) is 11.6 Å². The van der Waals surface area contributed by atoms with Crippen LogP contribution in [0.3, 0.4) is 0 Å². The van der Waals surface area contributed by atoms with Crippen molar-refractivity contribution in [3.05, 3.63) is 58.8 Å². The summed E-state index contributed by atoms with van der Waals surface area (Å²) >= 11 is 0. The largest absolute Gasteiger partial charge is 0.355 e. The van der Waals surface area contributed by atoms with Gasteiger partial charge >= 0.3 is 0 Å². The van der Waals surface area contributed by atoms with Gasteiger partial charge in [0.05, 0.1) is 5.69 Å². The third-order valence-corrected chi connectivity index (χ3v) is 6.18. The van der Waals surface area contributed by atoms with Crippen LogP contribution in [0.15, 0.2) is 36.4 Å². The minimum absolute atomic E-state index is 0.00476. The number of anilines is 2. The van der Waals surface area contributed by atoms with Crippen LogP contribution in [-0.2, 0) is 11.2 Å². The van der Waals surface area contributed by atoms with Crippen LogP contribution in [0.1, 0.15) is 54.5 Å². The predicted octanol–water partition coefficient (Wildman–Crippen LogP) is 3.61. The first-order chi connectivity index (χ1) is 14.6. The number of nitrogens with zero attached hydrogens (tertiary/aromatic N) is 5. The Balaban J connectivity index is 1.52. The summed E-state index contributed by atoms with van der Waals surface area (Å²) in [6.07, 6.45) is 3.81. The first-order valence-electron chi connectivity index (χ1n) is 10.7. The summed E-state index contributed by atoms with van der Waals surface area (Å²) in [5.41, 5.74) is 4.39. The number of nitrogens with one attached hydrogen (secondary N) is 1. The van der Waals surface area contributed by atoms with Gasteiger partial charge in [-0.3, -0.25) is 4.79 Å². The lowest BCUT2D eigenvalue weighted by molar-refractivity contribution is -0.116. The molecule has 0 radical (unpaired) electrons. The van der Waals surface area contributed by atoms with E-state index in [4.69, 9.17) is 5.10 Å². The molecule has 7 nitrogen and oxygen atoms in total. The molecule has 1 N–H and O–H groups in total. The Labute approximate surface area is 176 Å². The number of benzene rings is 1. The number of fused-ring (bicyclic) bond motifs is 1. The molecule has 4 heterocycles. The van der Waals surface area contributed by atoms with Crippen LogP contribution < -0.4 is 10.2 Å². The smallest absolute Gasteiger partial charge is 0.226 e. The number of aryl methyl sites for hydroxylation is 2. The van der Waals surface area contributed by atoms with Gasteiger partial charge in [0, 0.05) is 31.0 Å². The van der Waals surface area contributed by atoms with E-state index in [1.807, 2.05) is 19.1 Å². The molecule has 2 aromatic heterocycles. The van der Waals surface area contributed by atoms with Crippen LogP contribution in [0.5, 0.6) is 0 Å². The van der Waals surface area contributed by atoms with Gasteiger partial charge in [-0.15, -0.1) is 10.2 Å². The lowest BCUT2D eigenvalue weighted by Crippen LogP contribution is -2.25. The number of aromatic nitrogens is 4. The van der Waals surface area contributed by atoms with E-state index >= 15 is 0 Å². The lowest BCUT2D eigenvalue weighted by Gasteiger charge is -2.24. The molecule has 1 amide bonds. The van der Waals surface area contributed by atoms with Crippen LogP contribution in [0.4, 0.5) is 11.6 Å². The number of carbonyl (C=O) groups is 1. The molecule has 5 rings (SSSR count). The van der Waals surface area contributed by atoms with Crippen LogP contribution in [0, 0.1) is 6.92 Å². The average Bonchev–Trinajstić information content (AvgIpc) is 3.42. The Kier molecular flexibility index (Phi) is 4.73. The molecule has 0 aliphatic carbocycles. The van der Waals surface area contributed by atoms with E-state index in [0.29, 0.717) is 18.1 Å². The molecule has 1 atom stereocenters. The monoisotopic (exact) mass is 402 g/mol. The highest BCUT2D eigenvalue weighted by atomic mass is 16.1. The molecular formula is C23H26N6O. The molecule has 30 heavy (non-hydrogen) atoms. The summed E-state index contributed by atoms with van der Waals surface area (Å²) in [6.45, 7) is 6.19. The van der Waals surface area contributed by atoms with Crippen molar-refractivity contribution >= 4 is 17.5 Å². The molecule has 0 spiro atoms. The van der Waals surface area contributed by atoms with Gasteiger partial charge in [0.25, 0.3) is 0 Å². The second kappa shape index (κ2) is 7.55. The van der Waals surface area contributed by atoms with Crippen molar-refractivity contribution in [1.29, 1.82) is 0 Å². The Hall–Kier alpha value is -3.22. The highest BCUT2D eigenvalue weighted by Crippen LogP contribution is 2.40. The number of rotatable bonds is 4. The van der Waals surface area contributed by atoms with Crippen LogP contribution >= 0.6 is 0 Å². The minimum Gasteiger partial charge on any atom is -0.355 e. The highest BCUT2D eigenvalue weighted by Gasteiger charge is 2.33. The Morgan fingerprint density at radius 3 is 2.40 bits per heavy atom. The molecule has 1 saturated heterocycles. The highest BCUT2D eigenvalue weighted by molar-refractivity contribution is 5.95. The van der Waals surface area contributed by atoms with E-state index in [1.165, 1.54) is 18.4 Å². The SMILES string of the molecule is CCc1ccc(C2CC(=O)Nc3c2c(C)nn3-c2ccc(N3CCCC3)nn2)cc1. The fraction of sp³-hybridized carbons (Fsp3) is 0.391. The Bertz CT molecular complexity index is 1060. The van der Waals surface area contributed by atoms with Gasteiger partial charge in [-0.05, 0) is 49.4 Å². The van der Waals surface area contributed by atoms with E-state index < -0.39 is 0 Å². The fourth-order valence-corrected chi connectivity index (χ4v) is 4.53. The van der Waals surface area contributed by atoms with Crippen molar-refractivity contribution in [2.45, 2.75) is 45.4 Å². The van der Waals surface area contributed by atoms with Gasteiger partial charge in [-0.1, -0.05) is 31.2 Å². The molecule has 1 aromatic carbocycles. The zero-order valence-electron chi connectivity index (χ0n) is 17.4. The van der Waals surface area contributed by atoms with Crippen molar-refractivity contribution in [2.24, 2.45) is 0 Å². The third-order valence-electron chi connectivity index (χ3n) is 6.18. The number of carbonyl (C=O) groups excluding carboxylic acids is 1. The third kappa shape index (κ3) is 3.24. The van der Waals surface area contributed by atoms with Crippen molar-refractivity contribution < 1.29 is 4.79 Å². The second-order valence-electron chi connectivity index (χ2n) is 8.10. The van der Waals surface area contributed by atoms with E-state index in [2.05, 4.69) is 51.6 Å². The first kappa shape index (κ1) is 18.8. The summed E-state index contributed by atoms with van der Waals surface area (Å²) < 4.78 is 1.72. The van der Waals surface area contributed by atoms with Crippen LogP contribution in [0.2, 0.25) is 0 Å². The summed E-state index contributed by atoms with van der Waals surface area (Å²) in [5, 5.41) is 16.6. The van der Waals surface area contributed by atoms with E-state index in [-0.39, 0.29) is 11.8 Å². The molecule has 7 heteroatoms. The molecule has 1 unspecified atom stereocenters. The van der Waals surface area contributed by atoms with E-state index in [9.17, 15) is 4.79 Å². The van der Waals surface area contributed by atoms with Gasteiger partial charge in [-0.25, -0.2) is 0 Å². The zero-order chi connectivity index (χ0) is 20.7. The van der Waals surface area contributed by atoms with Crippen LogP contribution in [-0.4, -0.2) is 39.0 Å². The Morgan fingerprint density at radius 1 is 1.03 bits per heavy atom. The van der Waals surface area contributed by atoms with Crippen molar-refractivity contribution in [3.63, 3.8) is 0 Å². The quantitative estimate of drug-likeness (QED) is 0.722. The standard InChI is InChI=1S/C23H26N6O/c1-3-16-6-8-17(9-7-16)18-14-21(30)24-23-22(18)15(2)27-29(23)20-11-10-19(25-26-20)28-12-4-5-13-28/h6-11,18H,3-5,12-14H2,1-2H3,(H,24,30).